The Labute approximate surface area is 113 Å². The minimum absolute atomic E-state index is 0.0568. The van der Waals surface area contributed by atoms with Crippen LogP contribution in [-0.2, 0) is 11.2 Å². The lowest BCUT2D eigenvalue weighted by molar-refractivity contribution is -0.121. The molecule has 0 aliphatic carbocycles. The summed E-state index contributed by atoms with van der Waals surface area (Å²) in [6.07, 6.45) is 1.25. The van der Waals surface area contributed by atoms with Gasteiger partial charge in [0.2, 0.25) is 12.3 Å². The molecule has 5 nitrogen and oxygen atoms in total. The quantitative estimate of drug-likeness (QED) is 0.935. The molecule has 2 aromatic rings. The number of hydrogen-bond acceptors (Lipinski definition) is 4. The van der Waals surface area contributed by atoms with E-state index in [4.69, 9.17) is 11.6 Å². The highest BCUT2D eigenvalue weighted by atomic mass is 35.5. The first-order valence-electron chi connectivity index (χ1n) is 5.56. The highest BCUT2D eigenvalue weighted by Gasteiger charge is 2.14. The number of benzene rings is 1. The maximum Gasteiger partial charge on any atom is 0.225 e. The molecule has 2 rings (SSSR count). The number of nitrogens with zero attached hydrogens (tertiary/aromatic N) is 2. The normalized spacial score (nSPS) is 12.2. The Bertz CT molecular complexity index is 574. The third-order valence-electron chi connectivity index (χ3n) is 2.51. The van der Waals surface area contributed by atoms with Gasteiger partial charge >= 0.3 is 0 Å². The number of carbonyl (C=O) groups is 1. The molecule has 1 aromatic heterocycles. The topological polar surface area (TPSA) is 68.0 Å². The summed E-state index contributed by atoms with van der Waals surface area (Å²) in [4.78, 5) is 15.6. The van der Waals surface area contributed by atoms with Crippen LogP contribution in [0.3, 0.4) is 0 Å². The van der Waals surface area contributed by atoms with Crippen LogP contribution in [0.4, 0.5) is 4.39 Å². The number of aromatic nitrogens is 2. The largest absolute Gasteiger partial charge is 0.346 e. The molecule has 0 radical (unpaired) electrons. The van der Waals surface area contributed by atoms with E-state index in [0.29, 0.717) is 11.4 Å². The Morgan fingerprint density at radius 3 is 3.00 bits per heavy atom. The second kappa shape index (κ2) is 5.79. The van der Waals surface area contributed by atoms with Gasteiger partial charge in [0.1, 0.15) is 5.82 Å². The number of rotatable bonds is 4. The molecule has 1 N–H and O–H groups in total. The van der Waals surface area contributed by atoms with E-state index in [0.717, 1.165) is 0 Å². The van der Waals surface area contributed by atoms with Crippen LogP contribution in [-0.4, -0.2) is 16.0 Å². The van der Waals surface area contributed by atoms with Crippen molar-refractivity contribution in [2.75, 3.05) is 0 Å². The van der Waals surface area contributed by atoms with E-state index < -0.39 is 5.82 Å². The van der Waals surface area contributed by atoms with Gasteiger partial charge in [0.05, 0.1) is 12.5 Å². The summed E-state index contributed by atoms with van der Waals surface area (Å²) in [6.45, 7) is 1.73. The highest BCUT2D eigenvalue weighted by Crippen LogP contribution is 2.18. The van der Waals surface area contributed by atoms with Crippen molar-refractivity contribution >= 4 is 17.5 Å². The third kappa shape index (κ3) is 3.51. The Morgan fingerprint density at radius 2 is 2.37 bits per heavy atom. The van der Waals surface area contributed by atoms with Crippen molar-refractivity contribution in [2.45, 2.75) is 19.4 Å². The molecule has 1 amide bonds. The van der Waals surface area contributed by atoms with Gasteiger partial charge in [0.25, 0.3) is 0 Å². The molecule has 0 spiro atoms. The molecule has 100 valence electrons. The summed E-state index contributed by atoms with van der Waals surface area (Å²) in [7, 11) is 0. The predicted molar refractivity (Wildman–Crippen MR) is 66.0 cm³/mol. The average molecular weight is 284 g/mol. The summed E-state index contributed by atoms with van der Waals surface area (Å²) in [5.41, 5.74) is 0.556. The molecular weight excluding hydrogens is 273 g/mol. The first kappa shape index (κ1) is 13.5. The molecule has 1 unspecified atom stereocenters. The SMILES string of the molecule is CC(NC(=O)Cc1ccc(F)cc1Cl)c1ncon1. The fraction of sp³-hybridized carbons (Fsp3) is 0.250. The molecule has 0 saturated heterocycles. The van der Waals surface area contributed by atoms with E-state index in [-0.39, 0.29) is 23.4 Å². The fourth-order valence-electron chi connectivity index (χ4n) is 1.56. The minimum Gasteiger partial charge on any atom is -0.346 e. The maximum atomic E-state index is 12.9. The highest BCUT2D eigenvalue weighted by molar-refractivity contribution is 6.31. The monoisotopic (exact) mass is 283 g/mol. The lowest BCUT2D eigenvalue weighted by Crippen LogP contribution is -2.28. The number of amides is 1. The van der Waals surface area contributed by atoms with Crippen LogP contribution in [0.25, 0.3) is 0 Å². The second-order valence-electron chi connectivity index (χ2n) is 3.99. The lowest BCUT2D eigenvalue weighted by atomic mass is 10.1. The zero-order valence-corrected chi connectivity index (χ0v) is 10.8. The van der Waals surface area contributed by atoms with Crippen LogP contribution in [0.2, 0.25) is 5.02 Å². The molecule has 1 atom stereocenters. The first-order chi connectivity index (χ1) is 9.06. The molecule has 19 heavy (non-hydrogen) atoms. The van der Waals surface area contributed by atoms with Gasteiger partial charge < -0.3 is 9.84 Å². The summed E-state index contributed by atoms with van der Waals surface area (Å²) in [5, 5.41) is 6.55. The van der Waals surface area contributed by atoms with Crippen LogP contribution >= 0.6 is 11.6 Å². The predicted octanol–water partition coefficient (Wildman–Crippen LogP) is 2.28. The number of nitrogens with one attached hydrogen (secondary N) is 1. The van der Waals surface area contributed by atoms with Gasteiger partial charge in [-0.25, -0.2) is 4.39 Å². The van der Waals surface area contributed by atoms with Crippen molar-refractivity contribution in [2.24, 2.45) is 0 Å². The molecular formula is C12H11ClFN3O2. The molecule has 0 fully saturated rings. The van der Waals surface area contributed by atoms with Crippen LogP contribution in [0.1, 0.15) is 24.4 Å². The van der Waals surface area contributed by atoms with Crippen LogP contribution in [0.15, 0.2) is 29.1 Å². The standard InChI is InChI=1S/C12H11ClFN3O2/c1-7(12-15-6-19-17-12)16-11(18)4-8-2-3-9(14)5-10(8)13/h2-3,5-7H,4H2,1H3,(H,16,18). The summed E-state index contributed by atoms with van der Waals surface area (Å²) >= 11 is 5.85. The van der Waals surface area contributed by atoms with E-state index in [2.05, 4.69) is 20.0 Å². The van der Waals surface area contributed by atoms with Crippen molar-refractivity contribution < 1.29 is 13.7 Å². The molecule has 0 bridgehead atoms. The van der Waals surface area contributed by atoms with Gasteiger partial charge in [-0.05, 0) is 24.6 Å². The van der Waals surface area contributed by atoms with Crippen LogP contribution in [0.5, 0.6) is 0 Å². The van der Waals surface area contributed by atoms with Crippen LogP contribution in [0, 0.1) is 5.82 Å². The Kier molecular flexibility index (Phi) is 4.11. The van der Waals surface area contributed by atoms with Crippen molar-refractivity contribution in [3.8, 4) is 0 Å². The van der Waals surface area contributed by atoms with Gasteiger partial charge in [-0.3, -0.25) is 4.79 Å². The van der Waals surface area contributed by atoms with E-state index in [1.807, 2.05) is 0 Å². The number of hydrogen-bond donors (Lipinski definition) is 1. The Morgan fingerprint density at radius 1 is 1.58 bits per heavy atom. The first-order valence-corrected chi connectivity index (χ1v) is 5.93. The van der Waals surface area contributed by atoms with Crippen molar-refractivity contribution in [1.82, 2.24) is 15.5 Å². The second-order valence-corrected chi connectivity index (χ2v) is 4.40. The lowest BCUT2D eigenvalue weighted by Gasteiger charge is -2.10. The van der Waals surface area contributed by atoms with Gasteiger partial charge in [-0.2, -0.15) is 4.98 Å². The van der Waals surface area contributed by atoms with Crippen molar-refractivity contribution in [1.29, 1.82) is 0 Å². The number of halogens is 2. The molecule has 0 aliphatic rings. The van der Waals surface area contributed by atoms with E-state index in [1.165, 1.54) is 24.6 Å². The van der Waals surface area contributed by atoms with Crippen molar-refractivity contribution in [3.05, 3.63) is 46.8 Å². The summed E-state index contributed by atoms with van der Waals surface area (Å²) < 4.78 is 17.5. The molecule has 0 aliphatic heterocycles. The van der Waals surface area contributed by atoms with E-state index in [1.54, 1.807) is 6.92 Å². The zero-order chi connectivity index (χ0) is 13.8. The molecule has 1 aromatic carbocycles. The minimum atomic E-state index is -0.436. The average Bonchev–Trinajstić information content (AvgIpc) is 2.86. The third-order valence-corrected chi connectivity index (χ3v) is 2.86. The summed E-state index contributed by atoms with van der Waals surface area (Å²) in [6, 6.07) is 3.55. The van der Waals surface area contributed by atoms with E-state index >= 15 is 0 Å². The summed E-state index contributed by atoms with van der Waals surface area (Å²) in [5.74, 6) is -0.307. The van der Waals surface area contributed by atoms with Crippen LogP contribution < -0.4 is 5.32 Å². The Balaban J connectivity index is 1.98. The molecule has 7 heteroatoms. The maximum absolute atomic E-state index is 12.9. The molecule has 0 saturated carbocycles. The molecule has 1 heterocycles. The van der Waals surface area contributed by atoms with E-state index in [9.17, 15) is 9.18 Å². The van der Waals surface area contributed by atoms with Gasteiger partial charge in [-0.1, -0.05) is 22.8 Å². The smallest absolute Gasteiger partial charge is 0.225 e. The zero-order valence-electron chi connectivity index (χ0n) is 10.1. The van der Waals surface area contributed by atoms with Gasteiger partial charge in [0.15, 0.2) is 5.82 Å². The van der Waals surface area contributed by atoms with Crippen molar-refractivity contribution in [3.63, 3.8) is 0 Å². The van der Waals surface area contributed by atoms with Gasteiger partial charge in [0, 0.05) is 5.02 Å². The van der Waals surface area contributed by atoms with Gasteiger partial charge in [-0.15, -0.1) is 0 Å². The fourth-order valence-corrected chi connectivity index (χ4v) is 1.80. The number of carbonyl (C=O) groups excluding carboxylic acids is 1. The Hall–Kier alpha value is -1.95.